The molecular formula is C26H34N2O3. The molecule has 0 saturated carbocycles. The normalized spacial score (nSPS) is 19.8. The Hall–Kier alpha value is -2.53. The van der Waals surface area contributed by atoms with Gasteiger partial charge in [0.1, 0.15) is 6.61 Å². The first-order chi connectivity index (χ1) is 15.2. The summed E-state index contributed by atoms with van der Waals surface area (Å²) < 4.78 is 11.6. The molecule has 0 N–H and O–H groups in total. The molecule has 0 aromatic heterocycles. The van der Waals surface area contributed by atoms with Gasteiger partial charge in [-0.2, -0.15) is 0 Å². The number of hydrogen-bond acceptors (Lipinski definition) is 4. The molecule has 2 saturated heterocycles. The second kappa shape index (κ2) is 10.7. The summed E-state index contributed by atoms with van der Waals surface area (Å²) in [5, 5.41) is 0. The van der Waals surface area contributed by atoms with E-state index in [4.69, 9.17) is 9.47 Å². The van der Waals surface area contributed by atoms with Crippen molar-refractivity contribution in [2.24, 2.45) is 5.92 Å². The third-order valence-corrected chi connectivity index (χ3v) is 6.39. The first-order valence-corrected chi connectivity index (χ1v) is 11.6. The number of ether oxygens (including phenoxy) is 2. The molecule has 1 amide bonds. The van der Waals surface area contributed by atoms with Crippen LogP contribution in [0.3, 0.4) is 0 Å². The quantitative estimate of drug-likeness (QED) is 0.659. The molecule has 166 valence electrons. The van der Waals surface area contributed by atoms with Gasteiger partial charge in [-0.15, -0.1) is 0 Å². The van der Waals surface area contributed by atoms with Crippen LogP contribution in [0.1, 0.15) is 43.2 Å². The molecule has 31 heavy (non-hydrogen) atoms. The summed E-state index contributed by atoms with van der Waals surface area (Å²) in [5.74, 6) is 2.02. The molecule has 1 atom stereocenters. The molecular weight excluding hydrogens is 388 g/mol. The summed E-state index contributed by atoms with van der Waals surface area (Å²) in [6, 6.07) is 16.3. The van der Waals surface area contributed by atoms with Crippen LogP contribution in [0.5, 0.6) is 11.5 Å². The largest absolute Gasteiger partial charge is 0.493 e. The van der Waals surface area contributed by atoms with Crippen LogP contribution < -0.4 is 9.47 Å². The van der Waals surface area contributed by atoms with Crippen LogP contribution in [0.25, 0.3) is 0 Å². The summed E-state index contributed by atoms with van der Waals surface area (Å²) in [5.41, 5.74) is 2.32. The Morgan fingerprint density at radius 1 is 0.935 bits per heavy atom. The number of carbonyl (C=O) groups excluding carboxylic acids is 1. The molecule has 2 heterocycles. The molecule has 0 spiro atoms. The smallest absolute Gasteiger partial charge is 0.226 e. The number of piperidine rings is 2. The third-order valence-electron chi connectivity index (χ3n) is 6.39. The Labute approximate surface area is 185 Å². The maximum absolute atomic E-state index is 12.9. The maximum Gasteiger partial charge on any atom is 0.226 e. The van der Waals surface area contributed by atoms with E-state index in [1.807, 2.05) is 24.3 Å². The highest BCUT2D eigenvalue weighted by molar-refractivity contribution is 5.79. The Morgan fingerprint density at radius 3 is 2.52 bits per heavy atom. The Morgan fingerprint density at radius 2 is 1.74 bits per heavy atom. The molecule has 0 bridgehead atoms. The fraction of sp³-hybridized carbons (Fsp3) is 0.500. The zero-order valence-electron chi connectivity index (χ0n) is 18.6. The second-order valence-corrected chi connectivity index (χ2v) is 8.72. The molecule has 2 aliphatic heterocycles. The lowest BCUT2D eigenvalue weighted by molar-refractivity contribution is -0.138. The van der Waals surface area contributed by atoms with Gasteiger partial charge in [0.2, 0.25) is 5.91 Å². The van der Waals surface area contributed by atoms with Gasteiger partial charge in [-0.3, -0.25) is 9.69 Å². The Bertz CT molecular complexity index is 849. The van der Waals surface area contributed by atoms with Crippen LogP contribution in [0.2, 0.25) is 0 Å². The average Bonchev–Trinajstić information content (AvgIpc) is 2.84. The number of amides is 1. The second-order valence-electron chi connectivity index (χ2n) is 8.72. The van der Waals surface area contributed by atoms with Gasteiger partial charge in [-0.1, -0.05) is 36.4 Å². The van der Waals surface area contributed by atoms with Crippen LogP contribution in [-0.2, 0) is 17.9 Å². The van der Waals surface area contributed by atoms with Crippen LogP contribution in [0, 0.1) is 5.92 Å². The number of nitrogens with zero attached hydrogens (tertiary/aromatic N) is 2. The minimum Gasteiger partial charge on any atom is -0.493 e. The molecule has 2 fully saturated rings. The molecule has 4 rings (SSSR count). The average molecular weight is 423 g/mol. The summed E-state index contributed by atoms with van der Waals surface area (Å²) in [4.78, 5) is 17.5. The fourth-order valence-electron chi connectivity index (χ4n) is 4.70. The SMILES string of the molecule is COc1cc(CN2CCC[C@H](C(=O)N3CCCCC3)C2)ccc1OCc1ccccc1. The predicted molar refractivity (Wildman–Crippen MR) is 122 cm³/mol. The molecule has 5 nitrogen and oxygen atoms in total. The lowest BCUT2D eigenvalue weighted by Crippen LogP contribution is -2.46. The van der Waals surface area contributed by atoms with Gasteiger partial charge < -0.3 is 14.4 Å². The van der Waals surface area contributed by atoms with Gasteiger partial charge in [0.15, 0.2) is 11.5 Å². The minimum atomic E-state index is 0.141. The lowest BCUT2D eigenvalue weighted by atomic mass is 9.95. The lowest BCUT2D eigenvalue weighted by Gasteiger charge is -2.36. The number of benzene rings is 2. The summed E-state index contributed by atoms with van der Waals surface area (Å²) in [7, 11) is 1.68. The van der Waals surface area contributed by atoms with Crippen LogP contribution >= 0.6 is 0 Å². The van der Waals surface area contributed by atoms with Gasteiger partial charge in [-0.25, -0.2) is 0 Å². The van der Waals surface area contributed by atoms with E-state index >= 15 is 0 Å². The molecule has 2 aliphatic rings. The molecule has 2 aromatic rings. The zero-order chi connectivity index (χ0) is 21.5. The van der Waals surface area contributed by atoms with E-state index in [2.05, 4.69) is 34.1 Å². The van der Waals surface area contributed by atoms with Crippen LogP contribution in [0.15, 0.2) is 48.5 Å². The highest BCUT2D eigenvalue weighted by Gasteiger charge is 2.29. The van der Waals surface area contributed by atoms with Crippen molar-refractivity contribution < 1.29 is 14.3 Å². The van der Waals surface area contributed by atoms with E-state index in [0.717, 1.165) is 75.5 Å². The number of likely N-dealkylation sites (tertiary alicyclic amines) is 2. The third kappa shape index (κ3) is 5.79. The highest BCUT2D eigenvalue weighted by Crippen LogP contribution is 2.30. The predicted octanol–water partition coefficient (Wildman–Crippen LogP) is 4.50. The van der Waals surface area contributed by atoms with Crippen molar-refractivity contribution in [2.75, 3.05) is 33.3 Å². The maximum atomic E-state index is 12.9. The summed E-state index contributed by atoms with van der Waals surface area (Å²) in [6.07, 6.45) is 5.66. The van der Waals surface area contributed by atoms with E-state index in [9.17, 15) is 4.79 Å². The minimum absolute atomic E-state index is 0.141. The van der Waals surface area contributed by atoms with E-state index in [0.29, 0.717) is 12.5 Å². The first-order valence-electron chi connectivity index (χ1n) is 11.6. The van der Waals surface area contributed by atoms with Crippen molar-refractivity contribution >= 4 is 5.91 Å². The number of carbonyl (C=O) groups is 1. The Kier molecular flexibility index (Phi) is 7.47. The van der Waals surface area contributed by atoms with E-state index < -0.39 is 0 Å². The van der Waals surface area contributed by atoms with Gasteiger partial charge in [-0.05, 0) is 61.9 Å². The summed E-state index contributed by atoms with van der Waals surface area (Å²) >= 11 is 0. The van der Waals surface area contributed by atoms with E-state index in [1.54, 1.807) is 7.11 Å². The van der Waals surface area contributed by atoms with Gasteiger partial charge >= 0.3 is 0 Å². The molecule has 0 unspecified atom stereocenters. The first kappa shape index (κ1) is 21.7. The van der Waals surface area contributed by atoms with Crippen molar-refractivity contribution in [1.29, 1.82) is 0 Å². The van der Waals surface area contributed by atoms with Crippen molar-refractivity contribution in [1.82, 2.24) is 9.80 Å². The highest BCUT2D eigenvalue weighted by atomic mass is 16.5. The molecule has 5 heteroatoms. The van der Waals surface area contributed by atoms with Crippen molar-refractivity contribution in [3.8, 4) is 11.5 Å². The number of hydrogen-bond donors (Lipinski definition) is 0. The molecule has 2 aromatic carbocycles. The van der Waals surface area contributed by atoms with Gasteiger partial charge in [0.25, 0.3) is 0 Å². The van der Waals surface area contributed by atoms with Crippen LogP contribution in [0.4, 0.5) is 0 Å². The van der Waals surface area contributed by atoms with Crippen molar-refractivity contribution in [3.05, 3.63) is 59.7 Å². The standard InChI is InChI=1S/C26H34N2O3/c1-30-25-17-22(12-13-24(25)31-20-21-9-4-2-5-10-21)18-27-14-8-11-23(19-27)26(29)28-15-6-3-7-16-28/h2,4-5,9-10,12-13,17,23H,3,6-8,11,14-16,18-20H2,1H3/t23-/m0/s1. The summed E-state index contributed by atoms with van der Waals surface area (Å²) in [6.45, 7) is 5.12. The van der Waals surface area contributed by atoms with E-state index in [1.165, 1.54) is 12.0 Å². The molecule has 0 radical (unpaired) electrons. The van der Waals surface area contributed by atoms with Crippen molar-refractivity contribution in [2.45, 2.75) is 45.3 Å². The Balaban J connectivity index is 1.35. The monoisotopic (exact) mass is 422 g/mol. The topological polar surface area (TPSA) is 42.0 Å². The number of methoxy groups -OCH3 is 1. The number of rotatable bonds is 7. The molecule has 0 aliphatic carbocycles. The fourth-order valence-corrected chi connectivity index (χ4v) is 4.70. The zero-order valence-corrected chi connectivity index (χ0v) is 18.6. The van der Waals surface area contributed by atoms with Crippen molar-refractivity contribution in [3.63, 3.8) is 0 Å². The van der Waals surface area contributed by atoms with Crippen LogP contribution in [-0.4, -0.2) is 49.0 Å². The van der Waals surface area contributed by atoms with Gasteiger partial charge in [0.05, 0.1) is 13.0 Å². The van der Waals surface area contributed by atoms with E-state index in [-0.39, 0.29) is 5.92 Å². The van der Waals surface area contributed by atoms with Gasteiger partial charge in [0, 0.05) is 26.2 Å².